The fourth-order valence-electron chi connectivity index (χ4n) is 2.42. The Morgan fingerprint density at radius 3 is 1.73 bits per heavy atom. The molecule has 0 rings (SSSR count). The number of rotatable bonds is 13. The van der Waals surface area contributed by atoms with Gasteiger partial charge >= 0.3 is 0 Å². The van der Waals surface area contributed by atoms with Crippen molar-refractivity contribution in [2.75, 3.05) is 20.6 Å². The Morgan fingerprint density at radius 1 is 0.909 bits per heavy atom. The summed E-state index contributed by atoms with van der Waals surface area (Å²) in [6.07, 6.45) is 13.4. The van der Waals surface area contributed by atoms with Crippen LogP contribution >= 0.6 is 0 Å². The highest BCUT2D eigenvalue weighted by Gasteiger charge is 2.18. The first-order valence-electron chi connectivity index (χ1n) is 8.70. The molecule has 1 N–H and O–H groups in total. The first-order valence-corrected chi connectivity index (χ1v) is 8.70. The summed E-state index contributed by atoms with van der Waals surface area (Å²) in [5.41, 5.74) is 3.56. The zero-order valence-corrected chi connectivity index (χ0v) is 16.0. The predicted molar refractivity (Wildman–Crippen MR) is 91.8 cm³/mol. The fourth-order valence-corrected chi connectivity index (χ4v) is 2.42. The van der Waals surface area contributed by atoms with E-state index in [2.05, 4.69) is 18.9 Å². The van der Waals surface area contributed by atoms with Crippen LogP contribution in [0.4, 0.5) is 0 Å². The largest absolute Gasteiger partial charge is 1.00 e. The summed E-state index contributed by atoms with van der Waals surface area (Å²) in [5, 5.41) is 0. The molecular weight excluding hydrogens is 296 g/mol. The number of nitrogens with zero attached hydrogens (tertiary/aromatic N) is 1. The molecule has 0 bridgehead atoms. The topological polar surface area (TPSA) is 29.1 Å². The first-order chi connectivity index (χ1) is 9.89. The molecule has 0 aliphatic rings. The molecule has 0 atom stereocenters. The van der Waals surface area contributed by atoms with Crippen LogP contribution in [0.15, 0.2) is 12.2 Å². The molecule has 0 spiro atoms. The maximum Gasteiger partial charge on any atom is 0.290 e. The molecule has 0 aliphatic carbocycles. The highest BCUT2D eigenvalue weighted by Crippen LogP contribution is 2.11. The van der Waals surface area contributed by atoms with Crippen LogP contribution in [-0.4, -0.2) is 31.1 Å². The van der Waals surface area contributed by atoms with Crippen molar-refractivity contribution in [1.29, 1.82) is 0 Å². The van der Waals surface area contributed by atoms with Crippen molar-refractivity contribution >= 4 is 5.91 Å². The monoisotopic (exact) mass is 332 g/mol. The molecule has 0 fully saturated rings. The van der Waals surface area contributed by atoms with Gasteiger partial charge in [0.1, 0.15) is 6.54 Å². The number of amides is 1. The number of hydrogen-bond acceptors (Lipinski definition) is 1. The number of nitrogens with one attached hydrogen (secondary N) is 1. The van der Waals surface area contributed by atoms with Gasteiger partial charge in [-0.25, -0.2) is 4.59 Å². The molecule has 132 valence electrons. The highest BCUT2D eigenvalue weighted by molar-refractivity contribution is 5.91. The molecule has 22 heavy (non-hydrogen) atoms. The third-order valence-electron chi connectivity index (χ3n) is 3.86. The molecule has 4 heteroatoms. The SMILES string of the molecule is C=C(C)C(=O)N[N+](C)(C)CCCCCCCCCCCC.[Cl-]. The molecule has 0 aliphatic heterocycles. The second kappa shape index (κ2) is 14.1. The van der Waals surface area contributed by atoms with Crippen LogP contribution in [-0.2, 0) is 4.79 Å². The first kappa shape index (κ1) is 23.7. The Kier molecular flexibility index (Phi) is 15.2. The fraction of sp³-hybridized carbons (Fsp3) is 0.833. The molecule has 0 aromatic rings. The molecule has 0 saturated carbocycles. The minimum Gasteiger partial charge on any atom is -1.00 e. The summed E-state index contributed by atoms with van der Waals surface area (Å²) in [6, 6.07) is 0. The predicted octanol–water partition coefficient (Wildman–Crippen LogP) is 1.60. The van der Waals surface area contributed by atoms with E-state index >= 15 is 0 Å². The van der Waals surface area contributed by atoms with Gasteiger partial charge in [-0.1, -0.05) is 64.9 Å². The van der Waals surface area contributed by atoms with Gasteiger partial charge in [-0.3, -0.25) is 4.79 Å². The van der Waals surface area contributed by atoms with E-state index in [1.807, 2.05) is 14.1 Å². The third-order valence-corrected chi connectivity index (χ3v) is 3.86. The summed E-state index contributed by atoms with van der Waals surface area (Å²) in [5.74, 6) is -0.0490. The number of carbonyl (C=O) groups is 1. The van der Waals surface area contributed by atoms with Crippen molar-refractivity contribution in [3.8, 4) is 0 Å². The second-order valence-corrected chi connectivity index (χ2v) is 6.81. The number of hydrogen-bond donors (Lipinski definition) is 1. The van der Waals surface area contributed by atoms with Gasteiger partial charge in [0.15, 0.2) is 0 Å². The molecule has 1 amide bonds. The van der Waals surface area contributed by atoms with Crippen LogP contribution in [0.1, 0.15) is 78.1 Å². The minimum atomic E-state index is -0.0490. The van der Waals surface area contributed by atoms with Gasteiger partial charge in [-0.05, 0) is 19.8 Å². The normalized spacial score (nSPS) is 10.9. The highest BCUT2D eigenvalue weighted by atomic mass is 35.5. The summed E-state index contributed by atoms with van der Waals surface area (Å²) >= 11 is 0. The van der Waals surface area contributed by atoms with E-state index in [-0.39, 0.29) is 18.3 Å². The van der Waals surface area contributed by atoms with Gasteiger partial charge in [0.25, 0.3) is 5.91 Å². The quantitative estimate of drug-likeness (QED) is 0.236. The van der Waals surface area contributed by atoms with Crippen molar-refractivity contribution in [3.63, 3.8) is 0 Å². The van der Waals surface area contributed by atoms with Crippen LogP contribution < -0.4 is 17.8 Å². The van der Waals surface area contributed by atoms with Gasteiger partial charge in [-0.2, -0.15) is 5.43 Å². The van der Waals surface area contributed by atoms with Gasteiger partial charge in [0, 0.05) is 5.57 Å². The number of quaternary nitrogens is 1. The molecule has 0 saturated heterocycles. The van der Waals surface area contributed by atoms with Crippen molar-refractivity contribution in [2.45, 2.75) is 78.1 Å². The second-order valence-electron chi connectivity index (χ2n) is 6.81. The smallest absolute Gasteiger partial charge is 0.290 e. The van der Waals surface area contributed by atoms with Crippen LogP contribution in [0.3, 0.4) is 0 Å². The van der Waals surface area contributed by atoms with E-state index in [1.54, 1.807) is 6.92 Å². The van der Waals surface area contributed by atoms with Crippen molar-refractivity contribution < 1.29 is 21.8 Å². The Bertz CT molecular complexity index is 303. The van der Waals surface area contributed by atoms with Crippen molar-refractivity contribution in [1.82, 2.24) is 5.43 Å². The average Bonchev–Trinajstić information content (AvgIpc) is 2.40. The minimum absolute atomic E-state index is 0. The van der Waals surface area contributed by atoms with Crippen molar-refractivity contribution in [2.24, 2.45) is 0 Å². The van der Waals surface area contributed by atoms with Gasteiger partial charge in [-0.15, -0.1) is 0 Å². The van der Waals surface area contributed by atoms with E-state index < -0.39 is 0 Å². The zero-order chi connectivity index (χ0) is 16.1. The molecular formula is C18H37ClN2O. The maximum atomic E-state index is 11.6. The van der Waals surface area contributed by atoms with E-state index in [0.717, 1.165) is 6.54 Å². The Labute approximate surface area is 144 Å². The van der Waals surface area contributed by atoms with Gasteiger partial charge < -0.3 is 12.4 Å². The van der Waals surface area contributed by atoms with E-state index in [4.69, 9.17) is 0 Å². The standard InChI is InChI=1S/C18H36N2O.ClH/c1-6-7-8-9-10-11-12-13-14-15-16-20(4,5)19-18(21)17(2)3;/h2,6-16H2,1,3-5H3;1H. The van der Waals surface area contributed by atoms with Gasteiger partial charge in [0.2, 0.25) is 0 Å². The van der Waals surface area contributed by atoms with E-state index in [9.17, 15) is 4.79 Å². The Balaban J connectivity index is 0. The summed E-state index contributed by atoms with van der Waals surface area (Å²) in [4.78, 5) is 11.6. The molecule has 3 nitrogen and oxygen atoms in total. The third kappa shape index (κ3) is 14.4. The van der Waals surface area contributed by atoms with Gasteiger partial charge in [0.05, 0.1) is 14.1 Å². The molecule has 0 aromatic heterocycles. The molecule has 0 aromatic carbocycles. The lowest BCUT2D eigenvalue weighted by atomic mass is 10.1. The summed E-state index contributed by atoms with van der Waals surface area (Å²) < 4.78 is 0.544. The van der Waals surface area contributed by atoms with Crippen LogP contribution in [0.25, 0.3) is 0 Å². The van der Waals surface area contributed by atoms with Crippen molar-refractivity contribution in [3.05, 3.63) is 12.2 Å². The zero-order valence-electron chi connectivity index (χ0n) is 15.2. The lowest BCUT2D eigenvalue weighted by Gasteiger charge is -2.29. The lowest BCUT2D eigenvalue weighted by molar-refractivity contribution is -0.925. The van der Waals surface area contributed by atoms with E-state index in [1.165, 1.54) is 64.2 Å². The molecule has 0 unspecified atom stereocenters. The van der Waals surface area contributed by atoms with E-state index in [0.29, 0.717) is 10.2 Å². The summed E-state index contributed by atoms with van der Waals surface area (Å²) in [6.45, 7) is 8.66. The number of carbonyl (C=O) groups excluding carboxylic acids is 1. The molecule has 0 radical (unpaired) electrons. The van der Waals surface area contributed by atoms with Crippen LogP contribution in [0.5, 0.6) is 0 Å². The number of halogens is 1. The average molecular weight is 333 g/mol. The Morgan fingerprint density at radius 2 is 1.32 bits per heavy atom. The van der Waals surface area contributed by atoms with Crippen LogP contribution in [0.2, 0.25) is 0 Å². The Hall–Kier alpha value is -0.540. The lowest BCUT2D eigenvalue weighted by Crippen LogP contribution is -3.00. The summed E-state index contributed by atoms with van der Waals surface area (Å²) in [7, 11) is 4.07. The molecule has 0 heterocycles. The van der Waals surface area contributed by atoms with Crippen LogP contribution in [0, 0.1) is 0 Å². The maximum absolute atomic E-state index is 11.6. The number of unbranched alkanes of at least 4 members (excludes halogenated alkanes) is 9.